The number of ether oxygens (including phenoxy) is 2. The van der Waals surface area contributed by atoms with Gasteiger partial charge in [0.1, 0.15) is 11.5 Å². The van der Waals surface area contributed by atoms with Crippen molar-refractivity contribution in [1.82, 2.24) is 0 Å². The Morgan fingerprint density at radius 2 is 1.85 bits per heavy atom. The highest BCUT2D eigenvalue weighted by atomic mass is 16.5. The lowest BCUT2D eigenvalue weighted by atomic mass is 9.62. The molecular formula is C17H27NO2. The van der Waals surface area contributed by atoms with Gasteiger partial charge in [0.05, 0.1) is 14.2 Å². The Morgan fingerprint density at radius 1 is 1.15 bits per heavy atom. The molecule has 20 heavy (non-hydrogen) atoms. The lowest BCUT2D eigenvalue weighted by molar-refractivity contribution is 0.105. The standard InChI is InChI=1S/C17H27NO2/c1-12-9-16(2,3)11-17(18,10-12)14-7-6-13(19-4)8-15(14)20-5/h6-8,12H,9-11,18H2,1-5H3. The van der Waals surface area contributed by atoms with Gasteiger partial charge in [-0.3, -0.25) is 0 Å². The highest BCUT2D eigenvalue weighted by molar-refractivity contribution is 5.45. The number of benzene rings is 1. The van der Waals surface area contributed by atoms with E-state index in [-0.39, 0.29) is 11.0 Å². The zero-order chi connectivity index (χ0) is 15.0. The van der Waals surface area contributed by atoms with E-state index in [0.29, 0.717) is 5.92 Å². The molecule has 0 heterocycles. The molecule has 2 N–H and O–H groups in total. The average molecular weight is 277 g/mol. The minimum Gasteiger partial charge on any atom is -0.497 e. The molecule has 1 fully saturated rings. The number of hydrogen-bond acceptors (Lipinski definition) is 3. The summed E-state index contributed by atoms with van der Waals surface area (Å²) in [5.74, 6) is 2.25. The minimum absolute atomic E-state index is 0.261. The molecule has 0 saturated heterocycles. The van der Waals surface area contributed by atoms with Crippen LogP contribution in [0.5, 0.6) is 11.5 Å². The summed E-state index contributed by atoms with van der Waals surface area (Å²) in [5.41, 5.74) is 7.83. The van der Waals surface area contributed by atoms with Gasteiger partial charge >= 0.3 is 0 Å². The molecule has 0 spiro atoms. The number of rotatable bonds is 3. The second-order valence-electron chi connectivity index (χ2n) is 7.08. The summed E-state index contributed by atoms with van der Waals surface area (Å²) >= 11 is 0. The second-order valence-corrected chi connectivity index (χ2v) is 7.08. The highest BCUT2D eigenvalue weighted by Gasteiger charge is 2.42. The molecule has 0 amide bonds. The third-order valence-corrected chi connectivity index (χ3v) is 4.35. The fraction of sp³-hybridized carbons (Fsp3) is 0.647. The summed E-state index contributed by atoms with van der Waals surface area (Å²) in [6.07, 6.45) is 3.20. The van der Waals surface area contributed by atoms with Crippen molar-refractivity contribution in [2.45, 2.75) is 45.6 Å². The summed E-state index contributed by atoms with van der Waals surface area (Å²) in [6, 6.07) is 5.96. The Hall–Kier alpha value is -1.22. The van der Waals surface area contributed by atoms with Crippen molar-refractivity contribution < 1.29 is 9.47 Å². The smallest absolute Gasteiger partial charge is 0.127 e. The fourth-order valence-electron chi connectivity index (χ4n) is 4.05. The summed E-state index contributed by atoms with van der Waals surface area (Å²) in [4.78, 5) is 0. The first-order chi connectivity index (χ1) is 9.29. The zero-order valence-corrected chi connectivity index (χ0v) is 13.3. The number of methoxy groups -OCH3 is 2. The van der Waals surface area contributed by atoms with Crippen molar-refractivity contribution in [2.24, 2.45) is 17.1 Å². The van der Waals surface area contributed by atoms with Crippen LogP contribution in [0, 0.1) is 11.3 Å². The Bertz CT molecular complexity index is 484. The monoisotopic (exact) mass is 277 g/mol. The van der Waals surface area contributed by atoms with Gasteiger partial charge in [-0.15, -0.1) is 0 Å². The van der Waals surface area contributed by atoms with Crippen molar-refractivity contribution in [3.05, 3.63) is 23.8 Å². The van der Waals surface area contributed by atoms with Gasteiger partial charge in [-0.05, 0) is 42.7 Å². The Morgan fingerprint density at radius 3 is 2.40 bits per heavy atom. The van der Waals surface area contributed by atoms with Crippen molar-refractivity contribution >= 4 is 0 Å². The molecule has 1 aromatic carbocycles. The van der Waals surface area contributed by atoms with Gasteiger partial charge in [0, 0.05) is 17.2 Å². The Balaban J connectivity index is 2.43. The second kappa shape index (κ2) is 5.28. The van der Waals surface area contributed by atoms with Crippen LogP contribution in [0.15, 0.2) is 18.2 Å². The molecule has 3 nitrogen and oxygen atoms in total. The molecule has 3 heteroatoms. The quantitative estimate of drug-likeness (QED) is 0.916. The predicted molar refractivity (Wildman–Crippen MR) is 82.2 cm³/mol. The average Bonchev–Trinajstić information content (AvgIpc) is 2.34. The zero-order valence-electron chi connectivity index (χ0n) is 13.3. The van der Waals surface area contributed by atoms with E-state index in [9.17, 15) is 0 Å². The first-order valence-electron chi connectivity index (χ1n) is 7.31. The van der Waals surface area contributed by atoms with Gasteiger partial charge < -0.3 is 15.2 Å². The normalized spacial score (nSPS) is 29.0. The van der Waals surface area contributed by atoms with Crippen molar-refractivity contribution in [1.29, 1.82) is 0 Å². The van der Waals surface area contributed by atoms with Crippen molar-refractivity contribution in [3.8, 4) is 11.5 Å². The number of hydrogen-bond donors (Lipinski definition) is 1. The molecule has 1 aliphatic carbocycles. The van der Waals surface area contributed by atoms with Crippen molar-refractivity contribution in [3.63, 3.8) is 0 Å². The van der Waals surface area contributed by atoms with Crippen LogP contribution in [0.25, 0.3) is 0 Å². The first kappa shape index (κ1) is 15.2. The van der Waals surface area contributed by atoms with Gasteiger partial charge in [-0.1, -0.05) is 20.8 Å². The molecule has 0 radical (unpaired) electrons. The van der Waals surface area contributed by atoms with E-state index >= 15 is 0 Å². The molecule has 112 valence electrons. The van der Waals surface area contributed by atoms with Crippen molar-refractivity contribution in [2.75, 3.05) is 14.2 Å². The lowest BCUT2D eigenvalue weighted by Gasteiger charge is -2.46. The van der Waals surface area contributed by atoms with E-state index in [4.69, 9.17) is 15.2 Å². The maximum absolute atomic E-state index is 6.79. The molecule has 0 aromatic heterocycles. The van der Waals surface area contributed by atoms with E-state index in [1.54, 1.807) is 14.2 Å². The van der Waals surface area contributed by atoms with Crippen LogP contribution in [-0.4, -0.2) is 14.2 Å². The summed E-state index contributed by atoms with van der Waals surface area (Å²) < 4.78 is 10.8. The van der Waals surface area contributed by atoms with Gasteiger partial charge in [-0.2, -0.15) is 0 Å². The molecule has 1 aromatic rings. The third kappa shape index (κ3) is 2.93. The highest BCUT2D eigenvalue weighted by Crippen LogP contribution is 2.49. The lowest BCUT2D eigenvalue weighted by Crippen LogP contribution is -2.46. The topological polar surface area (TPSA) is 44.5 Å². The molecule has 2 unspecified atom stereocenters. The third-order valence-electron chi connectivity index (χ3n) is 4.35. The van der Waals surface area contributed by atoms with Gasteiger partial charge in [0.2, 0.25) is 0 Å². The van der Waals surface area contributed by atoms with Crippen LogP contribution in [0.4, 0.5) is 0 Å². The van der Waals surface area contributed by atoms with E-state index in [1.165, 1.54) is 6.42 Å². The van der Waals surface area contributed by atoms with E-state index in [0.717, 1.165) is 29.9 Å². The van der Waals surface area contributed by atoms with Crippen LogP contribution in [0.2, 0.25) is 0 Å². The molecule has 2 rings (SSSR count). The van der Waals surface area contributed by atoms with Gasteiger partial charge in [0.25, 0.3) is 0 Å². The minimum atomic E-state index is -0.321. The Labute approximate surface area is 122 Å². The molecule has 0 bridgehead atoms. The largest absolute Gasteiger partial charge is 0.497 e. The van der Waals surface area contributed by atoms with E-state index in [1.807, 2.05) is 12.1 Å². The molecule has 2 atom stereocenters. The summed E-state index contributed by atoms with van der Waals surface area (Å²) in [5, 5.41) is 0. The van der Waals surface area contributed by atoms with Crippen LogP contribution < -0.4 is 15.2 Å². The molecule has 1 saturated carbocycles. The molecular weight excluding hydrogens is 250 g/mol. The predicted octanol–water partition coefficient (Wildman–Crippen LogP) is 3.70. The van der Waals surface area contributed by atoms with Gasteiger partial charge in [-0.25, -0.2) is 0 Å². The van der Waals surface area contributed by atoms with Crippen LogP contribution in [0.3, 0.4) is 0 Å². The maximum atomic E-state index is 6.79. The maximum Gasteiger partial charge on any atom is 0.127 e. The summed E-state index contributed by atoms with van der Waals surface area (Å²) in [6.45, 7) is 6.90. The fourth-order valence-corrected chi connectivity index (χ4v) is 4.05. The van der Waals surface area contributed by atoms with Crippen LogP contribution in [-0.2, 0) is 5.54 Å². The van der Waals surface area contributed by atoms with Crippen LogP contribution >= 0.6 is 0 Å². The molecule has 0 aliphatic heterocycles. The SMILES string of the molecule is COc1ccc(C2(N)CC(C)CC(C)(C)C2)c(OC)c1. The first-order valence-corrected chi connectivity index (χ1v) is 7.31. The van der Waals surface area contributed by atoms with Gasteiger partial charge in [0.15, 0.2) is 0 Å². The van der Waals surface area contributed by atoms with E-state index in [2.05, 4.69) is 26.8 Å². The molecule has 1 aliphatic rings. The Kier molecular flexibility index (Phi) is 4.01. The van der Waals surface area contributed by atoms with E-state index < -0.39 is 0 Å². The number of nitrogens with two attached hydrogens (primary N) is 1. The van der Waals surface area contributed by atoms with Crippen LogP contribution in [0.1, 0.15) is 45.6 Å². The summed E-state index contributed by atoms with van der Waals surface area (Å²) in [7, 11) is 3.36.